The average Bonchev–Trinajstić information content (AvgIpc) is 2.61. The van der Waals surface area contributed by atoms with Gasteiger partial charge in [0.25, 0.3) is 0 Å². The highest BCUT2D eigenvalue weighted by Gasteiger charge is 2.25. The monoisotopic (exact) mass is 310 g/mol. The third-order valence-corrected chi connectivity index (χ3v) is 5.00. The zero-order chi connectivity index (χ0) is 16.2. The van der Waals surface area contributed by atoms with Crippen LogP contribution in [0, 0.1) is 0 Å². The van der Waals surface area contributed by atoms with E-state index in [-0.39, 0.29) is 11.9 Å². The highest BCUT2D eigenvalue weighted by atomic mass is 16.2. The summed E-state index contributed by atoms with van der Waals surface area (Å²) in [7, 11) is 1.96. The van der Waals surface area contributed by atoms with Gasteiger partial charge in [0.15, 0.2) is 0 Å². The zero-order valence-corrected chi connectivity index (χ0v) is 14.1. The number of hydrogen-bond donors (Lipinski definition) is 1. The molecule has 3 nitrogen and oxygen atoms in total. The normalized spacial score (nSPS) is 17.0. The largest absolute Gasteiger partial charge is 0.373 e. The molecular weight excluding hydrogens is 284 g/mol. The molecule has 1 aliphatic carbocycles. The summed E-state index contributed by atoms with van der Waals surface area (Å²) in [5, 5.41) is 5.77. The summed E-state index contributed by atoms with van der Waals surface area (Å²) in [4.78, 5) is 14.7. The van der Waals surface area contributed by atoms with Gasteiger partial charge in [-0.2, -0.15) is 0 Å². The maximum Gasteiger partial charge on any atom is 0.244 e. The Morgan fingerprint density at radius 2 is 1.78 bits per heavy atom. The molecule has 0 aromatic heterocycles. The molecule has 0 unspecified atom stereocenters. The van der Waals surface area contributed by atoms with E-state index in [0.717, 1.165) is 23.9 Å². The number of hydrogen-bond acceptors (Lipinski definition) is 2. The van der Waals surface area contributed by atoms with Crippen molar-refractivity contribution >= 4 is 22.4 Å². The van der Waals surface area contributed by atoms with E-state index in [0.29, 0.717) is 6.04 Å². The van der Waals surface area contributed by atoms with E-state index in [4.69, 9.17) is 0 Å². The maximum absolute atomic E-state index is 12.7. The molecule has 1 aliphatic rings. The molecule has 1 atom stereocenters. The van der Waals surface area contributed by atoms with Gasteiger partial charge in [0.05, 0.1) is 0 Å². The zero-order valence-electron chi connectivity index (χ0n) is 14.1. The van der Waals surface area contributed by atoms with Gasteiger partial charge in [-0.1, -0.05) is 55.7 Å². The molecule has 1 fully saturated rings. The molecule has 1 saturated carbocycles. The number of benzene rings is 2. The van der Waals surface area contributed by atoms with Crippen LogP contribution in [-0.4, -0.2) is 29.9 Å². The fourth-order valence-electron chi connectivity index (χ4n) is 3.60. The van der Waals surface area contributed by atoms with Gasteiger partial charge in [-0.15, -0.1) is 0 Å². The lowest BCUT2D eigenvalue weighted by Gasteiger charge is -2.33. The molecule has 0 bridgehead atoms. The van der Waals surface area contributed by atoms with Gasteiger partial charge in [0.2, 0.25) is 5.91 Å². The Labute approximate surface area is 138 Å². The van der Waals surface area contributed by atoms with Crippen molar-refractivity contribution in [3.05, 3.63) is 42.5 Å². The van der Waals surface area contributed by atoms with E-state index >= 15 is 0 Å². The lowest BCUT2D eigenvalue weighted by molar-refractivity contribution is -0.133. The Morgan fingerprint density at radius 3 is 2.57 bits per heavy atom. The quantitative estimate of drug-likeness (QED) is 0.906. The van der Waals surface area contributed by atoms with Gasteiger partial charge in [-0.05, 0) is 31.2 Å². The van der Waals surface area contributed by atoms with Crippen LogP contribution in [0.5, 0.6) is 0 Å². The lowest BCUT2D eigenvalue weighted by atomic mass is 9.94. The first-order valence-corrected chi connectivity index (χ1v) is 8.68. The minimum Gasteiger partial charge on any atom is -0.373 e. The summed E-state index contributed by atoms with van der Waals surface area (Å²) >= 11 is 0. The Balaban J connectivity index is 1.72. The van der Waals surface area contributed by atoms with Crippen LogP contribution in [-0.2, 0) is 4.79 Å². The molecular formula is C20H26N2O. The van der Waals surface area contributed by atoms with Gasteiger partial charge in [0.1, 0.15) is 6.04 Å². The van der Waals surface area contributed by atoms with Crippen molar-refractivity contribution in [2.45, 2.75) is 51.1 Å². The Kier molecular flexibility index (Phi) is 4.85. The SMILES string of the molecule is C[C@H](Nc1cccc2ccccc12)C(=O)N(C)C1CCCCC1. The standard InChI is InChI=1S/C20H26N2O/c1-15(20(23)22(2)17-11-4-3-5-12-17)21-19-14-8-10-16-9-6-7-13-18(16)19/h6-10,13-15,17,21H,3-5,11-12H2,1-2H3/t15-/m0/s1. The van der Waals surface area contributed by atoms with Crippen molar-refractivity contribution in [2.24, 2.45) is 0 Å². The Morgan fingerprint density at radius 1 is 1.09 bits per heavy atom. The van der Waals surface area contributed by atoms with Crippen LogP contribution in [0.2, 0.25) is 0 Å². The van der Waals surface area contributed by atoms with E-state index in [2.05, 4.69) is 23.5 Å². The molecule has 1 N–H and O–H groups in total. The molecule has 0 aliphatic heterocycles. The summed E-state index contributed by atoms with van der Waals surface area (Å²) in [6.07, 6.45) is 6.08. The molecule has 0 radical (unpaired) electrons. The van der Waals surface area contributed by atoms with Gasteiger partial charge in [-0.3, -0.25) is 4.79 Å². The van der Waals surface area contributed by atoms with Crippen LogP contribution < -0.4 is 5.32 Å². The Hall–Kier alpha value is -2.03. The van der Waals surface area contributed by atoms with Crippen LogP contribution in [0.4, 0.5) is 5.69 Å². The van der Waals surface area contributed by atoms with E-state index < -0.39 is 0 Å². The lowest BCUT2D eigenvalue weighted by Crippen LogP contribution is -2.45. The van der Waals surface area contributed by atoms with E-state index in [1.807, 2.05) is 43.1 Å². The predicted octanol–water partition coefficient (Wildman–Crippen LogP) is 4.43. The fraction of sp³-hybridized carbons (Fsp3) is 0.450. The molecule has 2 aromatic carbocycles. The maximum atomic E-state index is 12.7. The second-order valence-electron chi connectivity index (χ2n) is 6.63. The molecule has 0 heterocycles. The highest BCUT2D eigenvalue weighted by molar-refractivity contribution is 5.95. The van der Waals surface area contributed by atoms with Crippen LogP contribution in [0.1, 0.15) is 39.0 Å². The van der Waals surface area contributed by atoms with Crippen molar-refractivity contribution in [2.75, 3.05) is 12.4 Å². The van der Waals surface area contributed by atoms with Gasteiger partial charge >= 0.3 is 0 Å². The van der Waals surface area contributed by atoms with E-state index in [9.17, 15) is 4.79 Å². The number of carbonyl (C=O) groups is 1. The molecule has 23 heavy (non-hydrogen) atoms. The average molecular weight is 310 g/mol. The Bertz CT molecular complexity index is 671. The highest BCUT2D eigenvalue weighted by Crippen LogP contribution is 2.25. The summed E-state index contributed by atoms with van der Waals surface area (Å²) in [5.41, 5.74) is 1.03. The summed E-state index contributed by atoms with van der Waals surface area (Å²) < 4.78 is 0. The number of anilines is 1. The molecule has 3 rings (SSSR count). The number of nitrogens with zero attached hydrogens (tertiary/aromatic N) is 1. The first-order chi connectivity index (χ1) is 11.2. The summed E-state index contributed by atoms with van der Waals surface area (Å²) in [6.45, 7) is 1.96. The molecule has 1 amide bonds. The van der Waals surface area contributed by atoms with Crippen LogP contribution in [0.15, 0.2) is 42.5 Å². The topological polar surface area (TPSA) is 32.3 Å². The third kappa shape index (κ3) is 3.49. The second-order valence-corrected chi connectivity index (χ2v) is 6.63. The van der Waals surface area contributed by atoms with Crippen LogP contribution in [0.3, 0.4) is 0 Å². The van der Waals surface area contributed by atoms with Crippen molar-refractivity contribution in [1.82, 2.24) is 4.90 Å². The first-order valence-electron chi connectivity index (χ1n) is 8.68. The van der Waals surface area contributed by atoms with Crippen molar-refractivity contribution < 1.29 is 4.79 Å². The molecule has 122 valence electrons. The van der Waals surface area contributed by atoms with Gasteiger partial charge in [-0.25, -0.2) is 0 Å². The number of nitrogens with one attached hydrogen (secondary N) is 1. The predicted molar refractivity (Wildman–Crippen MR) is 96.7 cm³/mol. The first kappa shape index (κ1) is 15.9. The number of fused-ring (bicyclic) bond motifs is 1. The molecule has 2 aromatic rings. The second kappa shape index (κ2) is 7.03. The number of amides is 1. The minimum atomic E-state index is -0.215. The van der Waals surface area contributed by atoms with Gasteiger partial charge in [0, 0.05) is 24.2 Å². The number of rotatable bonds is 4. The van der Waals surface area contributed by atoms with Crippen molar-refractivity contribution in [3.63, 3.8) is 0 Å². The smallest absolute Gasteiger partial charge is 0.244 e. The molecule has 0 saturated heterocycles. The summed E-state index contributed by atoms with van der Waals surface area (Å²) in [6, 6.07) is 14.6. The van der Waals surface area contributed by atoms with Crippen molar-refractivity contribution in [3.8, 4) is 0 Å². The van der Waals surface area contributed by atoms with Crippen LogP contribution >= 0.6 is 0 Å². The fourth-order valence-corrected chi connectivity index (χ4v) is 3.60. The molecule has 0 spiro atoms. The minimum absolute atomic E-state index is 0.185. The van der Waals surface area contributed by atoms with E-state index in [1.165, 1.54) is 24.6 Å². The number of likely N-dealkylation sites (N-methyl/N-ethyl adjacent to an activating group) is 1. The van der Waals surface area contributed by atoms with E-state index in [1.54, 1.807) is 0 Å². The van der Waals surface area contributed by atoms with Crippen LogP contribution in [0.25, 0.3) is 10.8 Å². The number of carbonyl (C=O) groups excluding carboxylic acids is 1. The van der Waals surface area contributed by atoms with Gasteiger partial charge < -0.3 is 10.2 Å². The molecule has 3 heteroatoms. The van der Waals surface area contributed by atoms with Crippen molar-refractivity contribution in [1.29, 1.82) is 0 Å². The summed E-state index contributed by atoms with van der Waals surface area (Å²) in [5.74, 6) is 0.185. The third-order valence-electron chi connectivity index (χ3n) is 5.00.